The number of rotatable bonds is 5. The van der Waals surface area contributed by atoms with Gasteiger partial charge < -0.3 is 4.90 Å². The molecule has 3 nitrogen and oxygen atoms in total. The van der Waals surface area contributed by atoms with Crippen LogP contribution in [-0.2, 0) is 9.84 Å². The van der Waals surface area contributed by atoms with Crippen molar-refractivity contribution in [1.82, 2.24) is 0 Å². The van der Waals surface area contributed by atoms with Gasteiger partial charge in [0.2, 0.25) is 0 Å². The lowest BCUT2D eigenvalue weighted by Crippen LogP contribution is -2.35. The van der Waals surface area contributed by atoms with Gasteiger partial charge in [-0.15, -0.1) is 11.6 Å². The van der Waals surface area contributed by atoms with Crippen molar-refractivity contribution < 1.29 is 21.6 Å². The van der Waals surface area contributed by atoms with Crippen LogP contribution >= 0.6 is 11.6 Å². The number of sulfone groups is 1. The van der Waals surface area contributed by atoms with Crippen molar-refractivity contribution in [3.63, 3.8) is 0 Å². The van der Waals surface area contributed by atoms with E-state index in [1.165, 1.54) is 23.1 Å². The van der Waals surface area contributed by atoms with E-state index < -0.39 is 20.2 Å². The summed E-state index contributed by atoms with van der Waals surface area (Å²) in [5, 5.41) is 0. The van der Waals surface area contributed by atoms with Crippen molar-refractivity contribution in [3.05, 3.63) is 24.3 Å². The van der Waals surface area contributed by atoms with E-state index >= 15 is 0 Å². The molecule has 1 aromatic rings. The van der Waals surface area contributed by atoms with Crippen molar-refractivity contribution in [1.29, 1.82) is 0 Å². The van der Waals surface area contributed by atoms with Crippen LogP contribution in [0.1, 0.15) is 13.8 Å². The van der Waals surface area contributed by atoms with E-state index in [-0.39, 0.29) is 24.2 Å². The zero-order valence-corrected chi connectivity index (χ0v) is 12.6. The number of hydrogen-bond acceptors (Lipinski definition) is 3. The van der Waals surface area contributed by atoms with Gasteiger partial charge >= 0.3 is 5.51 Å². The van der Waals surface area contributed by atoms with Gasteiger partial charge in [0.25, 0.3) is 9.84 Å². The average Bonchev–Trinajstić information content (AvgIpc) is 2.34. The molecule has 0 spiro atoms. The molecule has 20 heavy (non-hydrogen) atoms. The Morgan fingerprint density at radius 3 is 2.25 bits per heavy atom. The molecule has 0 aliphatic rings. The molecular weight excluding hydrogens is 315 g/mol. The molecule has 0 amide bonds. The standard InChI is InChI=1S/C12H15ClF3NO2S/c1-9(2)17(8-7-13)10-5-3-4-6-11(10)20(18,19)12(14,15)16/h3-6,9H,7-8H2,1-2H3. The summed E-state index contributed by atoms with van der Waals surface area (Å²) in [6.45, 7) is 3.76. The molecule has 114 valence electrons. The molecule has 0 radical (unpaired) electrons. The number of anilines is 1. The average molecular weight is 330 g/mol. The minimum atomic E-state index is -5.39. The van der Waals surface area contributed by atoms with Crippen LogP contribution in [0.5, 0.6) is 0 Å². The zero-order valence-electron chi connectivity index (χ0n) is 11.0. The predicted octanol–water partition coefficient (Wildman–Crippen LogP) is 3.43. The Bertz CT molecular complexity index is 558. The molecule has 0 N–H and O–H groups in total. The Morgan fingerprint density at radius 1 is 1.25 bits per heavy atom. The molecule has 1 rings (SSSR count). The lowest BCUT2D eigenvalue weighted by molar-refractivity contribution is -0.0435. The third-order valence-corrected chi connectivity index (χ3v) is 4.42. The largest absolute Gasteiger partial charge is 0.501 e. The molecule has 8 heteroatoms. The van der Waals surface area contributed by atoms with Crippen LogP contribution < -0.4 is 4.90 Å². The quantitative estimate of drug-likeness (QED) is 0.777. The maximum absolute atomic E-state index is 12.7. The van der Waals surface area contributed by atoms with E-state index in [1.54, 1.807) is 13.8 Å². The van der Waals surface area contributed by atoms with E-state index in [2.05, 4.69) is 0 Å². The second-order valence-corrected chi connectivity index (χ2v) is 6.68. The first-order valence-electron chi connectivity index (χ1n) is 5.86. The summed E-state index contributed by atoms with van der Waals surface area (Å²) in [5.41, 5.74) is -5.31. The minimum absolute atomic E-state index is 0.0143. The molecule has 0 aromatic heterocycles. The number of hydrogen-bond donors (Lipinski definition) is 0. The van der Waals surface area contributed by atoms with Crippen molar-refractivity contribution in [2.45, 2.75) is 30.3 Å². The maximum atomic E-state index is 12.7. The second kappa shape index (κ2) is 6.22. The van der Waals surface area contributed by atoms with Crippen molar-refractivity contribution in [3.8, 4) is 0 Å². The highest BCUT2D eigenvalue weighted by molar-refractivity contribution is 7.92. The van der Waals surface area contributed by atoms with Gasteiger partial charge in [0.1, 0.15) is 0 Å². The molecule has 1 aromatic carbocycles. The Kier molecular flexibility index (Phi) is 5.32. The third-order valence-electron chi connectivity index (χ3n) is 2.72. The van der Waals surface area contributed by atoms with Crippen molar-refractivity contribution in [2.75, 3.05) is 17.3 Å². The fourth-order valence-corrected chi connectivity index (χ4v) is 2.94. The topological polar surface area (TPSA) is 37.4 Å². The number of halogens is 4. The van der Waals surface area contributed by atoms with Crippen LogP contribution in [0.4, 0.5) is 18.9 Å². The molecule has 0 aliphatic carbocycles. The zero-order chi connectivity index (χ0) is 15.6. The minimum Gasteiger partial charge on any atom is -0.367 e. The van der Waals surface area contributed by atoms with Gasteiger partial charge in [0, 0.05) is 18.5 Å². The van der Waals surface area contributed by atoms with Crippen LogP contribution in [0.2, 0.25) is 0 Å². The Hall–Kier alpha value is -0.950. The Balaban J connectivity index is 3.45. The summed E-state index contributed by atoms with van der Waals surface area (Å²) in [7, 11) is -5.39. The van der Waals surface area contributed by atoms with Gasteiger partial charge in [-0.25, -0.2) is 8.42 Å². The molecule has 0 aliphatic heterocycles. The summed E-state index contributed by atoms with van der Waals surface area (Å²) >= 11 is 5.63. The molecule has 0 saturated carbocycles. The van der Waals surface area contributed by atoms with Crippen LogP contribution in [0.25, 0.3) is 0 Å². The smallest absolute Gasteiger partial charge is 0.367 e. The van der Waals surface area contributed by atoms with Gasteiger partial charge in [0.05, 0.1) is 10.6 Å². The lowest BCUT2D eigenvalue weighted by Gasteiger charge is -2.30. The summed E-state index contributed by atoms with van der Waals surface area (Å²) in [6.07, 6.45) is 0. The van der Waals surface area contributed by atoms with E-state index in [4.69, 9.17) is 11.6 Å². The molecular formula is C12H15ClF3NO2S. The second-order valence-electron chi connectivity index (χ2n) is 4.39. The fourth-order valence-electron chi connectivity index (χ4n) is 1.79. The monoisotopic (exact) mass is 329 g/mol. The first kappa shape index (κ1) is 17.1. The molecule has 0 heterocycles. The highest BCUT2D eigenvalue weighted by atomic mass is 35.5. The molecule has 0 atom stereocenters. The van der Waals surface area contributed by atoms with E-state index in [0.717, 1.165) is 6.07 Å². The number of alkyl halides is 4. The molecule has 0 bridgehead atoms. The van der Waals surface area contributed by atoms with Gasteiger partial charge in [-0.3, -0.25) is 0 Å². The molecule has 0 saturated heterocycles. The van der Waals surface area contributed by atoms with Crippen molar-refractivity contribution >= 4 is 27.1 Å². The summed E-state index contributed by atoms with van der Waals surface area (Å²) in [6, 6.07) is 4.89. The van der Waals surface area contributed by atoms with Gasteiger partial charge in [-0.2, -0.15) is 13.2 Å². The first-order valence-corrected chi connectivity index (χ1v) is 7.87. The molecule has 0 unspecified atom stereocenters. The summed E-state index contributed by atoms with van der Waals surface area (Å²) in [4.78, 5) is 0.789. The van der Waals surface area contributed by atoms with Crippen LogP contribution in [0, 0.1) is 0 Å². The van der Waals surface area contributed by atoms with Gasteiger partial charge in [0.15, 0.2) is 0 Å². The normalized spacial score (nSPS) is 12.8. The third kappa shape index (κ3) is 3.38. The SMILES string of the molecule is CC(C)N(CCCl)c1ccccc1S(=O)(=O)C(F)(F)F. The number of benzene rings is 1. The summed E-state index contributed by atoms with van der Waals surface area (Å²) in [5.74, 6) is 0.179. The highest BCUT2D eigenvalue weighted by Crippen LogP contribution is 2.36. The highest BCUT2D eigenvalue weighted by Gasteiger charge is 2.48. The van der Waals surface area contributed by atoms with Crippen LogP contribution in [0.15, 0.2) is 29.2 Å². The fraction of sp³-hybridized carbons (Fsp3) is 0.500. The predicted molar refractivity (Wildman–Crippen MR) is 72.9 cm³/mol. The lowest BCUT2D eigenvalue weighted by atomic mass is 10.2. The van der Waals surface area contributed by atoms with Crippen LogP contribution in [0.3, 0.4) is 0 Å². The van der Waals surface area contributed by atoms with E-state index in [0.29, 0.717) is 0 Å². The summed E-state index contributed by atoms with van der Waals surface area (Å²) < 4.78 is 61.4. The van der Waals surface area contributed by atoms with Gasteiger partial charge in [-0.05, 0) is 26.0 Å². The number of nitrogens with zero attached hydrogens (tertiary/aromatic N) is 1. The molecule has 0 fully saturated rings. The maximum Gasteiger partial charge on any atom is 0.501 e. The van der Waals surface area contributed by atoms with Crippen molar-refractivity contribution in [2.24, 2.45) is 0 Å². The Morgan fingerprint density at radius 2 is 1.80 bits per heavy atom. The van der Waals surface area contributed by atoms with E-state index in [1.807, 2.05) is 0 Å². The number of para-hydroxylation sites is 1. The van der Waals surface area contributed by atoms with Crippen LogP contribution in [-0.4, -0.2) is 32.4 Å². The van der Waals surface area contributed by atoms with E-state index in [9.17, 15) is 21.6 Å². The first-order chi connectivity index (χ1) is 9.13. The Labute approximate surface area is 121 Å². The van der Waals surface area contributed by atoms with Gasteiger partial charge in [-0.1, -0.05) is 12.1 Å².